The lowest BCUT2D eigenvalue weighted by atomic mass is 10.2. The van der Waals surface area contributed by atoms with Gasteiger partial charge in [0, 0.05) is 45.0 Å². The van der Waals surface area contributed by atoms with Crippen LogP contribution in [0.4, 0.5) is 5.82 Å². The molecule has 152 valence electrons. The third-order valence-electron chi connectivity index (χ3n) is 5.25. The summed E-state index contributed by atoms with van der Waals surface area (Å²) in [5.74, 6) is 3.87. The quantitative estimate of drug-likeness (QED) is 0.635. The molecular weight excluding hydrogens is 368 g/mol. The third kappa shape index (κ3) is 4.19. The zero-order chi connectivity index (χ0) is 20.2. The van der Waals surface area contributed by atoms with Gasteiger partial charge in [-0.25, -0.2) is 9.97 Å². The van der Waals surface area contributed by atoms with Gasteiger partial charge >= 0.3 is 0 Å². The number of nitrogens with zero attached hydrogens (tertiary/aromatic N) is 4. The van der Waals surface area contributed by atoms with Crippen LogP contribution in [0.1, 0.15) is 11.5 Å². The van der Waals surface area contributed by atoms with E-state index < -0.39 is 0 Å². The molecule has 0 bridgehead atoms. The Balaban J connectivity index is 1.44. The van der Waals surface area contributed by atoms with E-state index in [1.807, 2.05) is 43.5 Å². The van der Waals surface area contributed by atoms with Gasteiger partial charge in [-0.3, -0.25) is 4.90 Å². The maximum absolute atomic E-state index is 5.97. The molecule has 0 spiro atoms. The molecule has 0 aliphatic carbocycles. The Kier molecular flexibility index (Phi) is 5.67. The van der Waals surface area contributed by atoms with Gasteiger partial charge in [0.2, 0.25) is 5.89 Å². The van der Waals surface area contributed by atoms with Crippen molar-refractivity contribution < 1.29 is 13.9 Å². The lowest BCUT2D eigenvalue weighted by molar-refractivity contribution is 0.245. The second kappa shape index (κ2) is 8.53. The standard InChI is InChI=1S/C22H26N4O3/c1-16-19(15-25-10-12-26(13-11-25)21-6-4-5-9-23-21)24-22(29-16)18-8-7-17(27-2)14-20(18)28-3/h4-9,14H,10-13,15H2,1-3H3. The first-order chi connectivity index (χ1) is 14.2. The topological polar surface area (TPSA) is 63.9 Å². The highest BCUT2D eigenvalue weighted by molar-refractivity contribution is 5.65. The number of pyridine rings is 1. The van der Waals surface area contributed by atoms with Crippen molar-refractivity contribution in [2.24, 2.45) is 0 Å². The van der Waals surface area contributed by atoms with Crippen molar-refractivity contribution in [2.45, 2.75) is 13.5 Å². The largest absolute Gasteiger partial charge is 0.497 e. The van der Waals surface area contributed by atoms with Crippen LogP contribution in [0.5, 0.6) is 11.5 Å². The van der Waals surface area contributed by atoms with E-state index in [0.717, 1.165) is 61.3 Å². The molecule has 4 rings (SSSR count). The van der Waals surface area contributed by atoms with Gasteiger partial charge in [0.15, 0.2) is 0 Å². The molecule has 0 unspecified atom stereocenters. The molecule has 0 atom stereocenters. The first-order valence-corrected chi connectivity index (χ1v) is 9.75. The Bertz CT molecular complexity index is 950. The lowest BCUT2D eigenvalue weighted by Gasteiger charge is -2.35. The molecule has 3 aromatic rings. The molecule has 0 radical (unpaired) electrons. The van der Waals surface area contributed by atoms with Gasteiger partial charge in [-0.15, -0.1) is 0 Å². The molecule has 1 aliphatic rings. The molecule has 0 amide bonds. The van der Waals surface area contributed by atoms with Crippen LogP contribution < -0.4 is 14.4 Å². The first-order valence-electron chi connectivity index (χ1n) is 9.75. The summed E-state index contributed by atoms with van der Waals surface area (Å²) >= 11 is 0. The fourth-order valence-corrected chi connectivity index (χ4v) is 3.55. The van der Waals surface area contributed by atoms with Gasteiger partial charge in [0.25, 0.3) is 0 Å². The van der Waals surface area contributed by atoms with E-state index in [9.17, 15) is 0 Å². The number of piperazine rings is 1. The van der Waals surface area contributed by atoms with Crippen LogP contribution in [-0.4, -0.2) is 55.3 Å². The Morgan fingerprint density at radius 1 is 1.03 bits per heavy atom. The number of methoxy groups -OCH3 is 2. The van der Waals surface area contributed by atoms with Crippen LogP contribution in [0, 0.1) is 6.92 Å². The van der Waals surface area contributed by atoms with E-state index in [0.29, 0.717) is 11.6 Å². The van der Waals surface area contributed by atoms with Crippen LogP contribution in [0.3, 0.4) is 0 Å². The molecule has 1 fully saturated rings. The molecule has 7 heteroatoms. The molecule has 1 saturated heterocycles. The van der Waals surface area contributed by atoms with Crippen molar-refractivity contribution in [1.29, 1.82) is 0 Å². The third-order valence-corrected chi connectivity index (χ3v) is 5.25. The second-order valence-corrected chi connectivity index (χ2v) is 7.04. The summed E-state index contributed by atoms with van der Waals surface area (Å²) in [5, 5.41) is 0. The molecule has 29 heavy (non-hydrogen) atoms. The number of rotatable bonds is 6. The Morgan fingerprint density at radius 3 is 2.55 bits per heavy atom. The average Bonchev–Trinajstić information content (AvgIpc) is 3.14. The molecule has 1 aromatic carbocycles. The van der Waals surface area contributed by atoms with Crippen LogP contribution >= 0.6 is 0 Å². The normalized spacial score (nSPS) is 14.8. The Labute approximate surface area is 170 Å². The van der Waals surface area contributed by atoms with Crippen molar-refractivity contribution in [3.63, 3.8) is 0 Å². The minimum atomic E-state index is 0.573. The summed E-state index contributed by atoms with van der Waals surface area (Å²) in [4.78, 5) is 13.9. The van der Waals surface area contributed by atoms with Gasteiger partial charge < -0.3 is 18.8 Å². The minimum Gasteiger partial charge on any atom is -0.497 e. The van der Waals surface area contributed by atoms with Crippen LogP contribution in [0.25, 0.3) is 11.5 Å². The fourth-order valence-electron chi connectivity index (χ4n) is 3.55. The molecule has 3 heterocycles. The molecule has 7 nitrogen and oxygen atoms in total. The number of oxazole rings is 1. The molecule has 2 aromatic heterocycles. The fraction of sp³-hybridized carbons (Fsp3) is 0.364. The molecule has 0 N–H and O–H groups in total. The summed E-state index contributed by atoms with van der Waals surface area (Å²) in [5.41, 5.74) is 1.78. The highest BCUT2D eigenvalue weighted by Gasteiger charge is 2.21. The summed E-state index contributed by atoms with van der Waals surface area (Å²) in [6.07, 6.45) is 1.84. The highest BCUT2D eigenvalue weighted by atomic mass is 16.5. The summed E-state index contributed by atoms with van der Waals surface area (Å²) in [6, 6.07) is 11.7. The average molecular weight is 394 g/mol. The molecule has 0 saturated carbocycles. The highest BCUT2D eigenvalue weighted by Crippen LogP contribution is 2.34. The molecular formula is C22H26N4O3. The van der Waals surface area contributed by atoms with Gasteiger partial charge in [-0.2, -0.15) is 0 Å². The van der Waals surface area contributed by atoms with Crippen LogP contribution in [0.2, 0.25) is 0 Å². The van der Waals surface area contributed by atoms with Crippen molar-refractivity contribution >= 4 is 5.82 Å². The number of aryl methyl sites for hydroxylation is 1. The number of ether oxygens (including phenoxy) is 2. The van der Waals surface area contributed by atoms with Crippen molar-refractivity contribution in [2.75, 3.05) is 45.3 Å². The van der Waals surface area contributed by atoms with Crippen molar-refractivity contribution in [3.8, 4) is 23.0 Å². The minimum absolute atomic E-state index is 0.573. The van der Waals surface area contributed by atoms with E-state index >= 15 is 0 Å². The van der Waals surface area contributed by atoms with Crippen molar-refractivity contribution in [1.82, 2.24) is 14.9 Å². The maximum atomic E-state index is 5.97. The predicted molar refractivity (Wildman–Crippen MR) is 112 cm³/mol. The summed E-state index contributed by atoms with van der Waals surface area (Å²) in [7, 11) is 3.27. The summed E-state index contributed by atoms with van der Waals surface area (Å²) in [6.45, 7) is 6.56. The molecule has 1 aliphatic heterocycles. The summed E-state index contributed by atoms with van der Waals surface area (Å²) < 4.78 is 16.7. The van der Waals surface area contributed by atoms with E-state index in [-0.39, 0.29) is 0 Å². The number of aromatic nitrogens is 2. The number of hydrogen-bond donors (Lipinski definition) is 0. The van der Waals surface area contributed by atoms with Crippen molar-refractivity contribution in [3.05, 3.63) is 54.0 Å². The first kappa shape index (κ1) is 19.3. The SMILES string of the molecule is COc1ccc(-c2nc(CN3CCN(c4ccccn4)CC3)c(C)o2)c(OC)c1. The monoisotopic (exact) mass is 394 g/mol. The lowest BCUT2D eigenvalue weighted by Crippen LogP contribution is -2.46. The van der Waals surface area contributed by atoms with Gasteiger partial charge in [0.1, 0.15) is 23.1 Å². The zero-order valence-corrected chi connectivity index (χ0v) is 17.1. The second-order valence-electron chi connectivity index (χ2n) is 7.04. The van der Waals surface area contributed by atoms with Crippen LogP contribution in [-0.2, 0) is 6.54 Å². The Morgan fingerprint density at radius 2 is 1.86 bits per heavy atom. The van der Waals surface area contributed by atoms with E-state index in [4.69, 9.17) is 18.9 Å². The smallest absolute Gasteiger partial charge is 0.230 e. The van der Waals surface area contributed by atoms with Gasteiger partial charge in [-0.05, 0) is 31.2 Å². The van der Waals surface area contributed by atoms with Gasteiger partial charge in [-0.1, -0.05) is 6.07 Å². The van der Waals surface area contributed by atoms with E-state index in [1.165, 1.54) is 0 Å². The van der Waals surface area contributed by atoms with Crippen LogP contribution in [0.15, 0.2) is 47.0 Å². The number of hydrogen-bond acceptors (Lipinski definition) is 7. The maximum Gasteiger partial charge on any atom is 0.230 e. The zero-order valence-electron chi connectivity index (χ0n) is 17.1. The Hall–Kier alpha value is -3.06. The van der Waals surface area contributed by atoms with Gasteiger partial charge in [0.05, 0.1) is 25.5 Å². The van der Waals surface area contributed by atoms with E-state index in [2.05, 4.69) is 20.9 Å². The predicted octanol–water partition coefficient (Wildman–Crippen LogP) is 3.38. The number of anilines is 1. The van der Waals surface area contributed by atoms with E-state index in [1.54, 1.807) is 14.2 Å². The number of benzene rings is 1.